The fourth-order valence-electron chi connectivity index (χ4n) is 4.54. The van der Waals surface area contributed by atoms with Gasteiger partial charge >= 0.3 is 0 Å². The van der Waals surface area contributed by atoms with Gasteiger partial charge < -0.3 is 15.5 Å². The first kappa shape index (κ1) is 22.9. The van der Waals surface area contributed by atoms with E-state index in [0.29, 0.717) is 31.5 Å². The number of rotatable bonds is 5. The van der Waals surface area contributed by atoms with E-state index in [2.05, 4.69) is 20.6 Å². The van der Waals surface area contributed by atoms with Gasteiger partial charge in [0.1, 0.15) is 0 Å². The van der Waals surface area contributed by atoms with Crippen LogP contribution in [0.2, 0.25) is 0 Å². The van der Waals surface area contributed by atoms with Crippen LogP contribution in [0.15, 0.2) is 36.7 Å². The fourth-order valence-corrected chi connectivity index (χ4v) is 4.54. The summed E-state index contributed by atoms with van der Waals surface area (Å²) in [6.07, 6.45) is 9.25. The lowest BCUT2D eigenvalue weighted by atomic mass is 9.89. The number of aromatic nitrogens is 2. The molecule has 2 fully saturated rings. The maximum atomic E-state index is 12.9. The molecule has 1 saturated heterocycles. The number of carbonyl (C=O) groups excluding carboxylic acids is 3. The average molecular weight is 450 g/mol. The quantitative estimate of drug-likeness (QED) is 0.729. The number of hydrogen-bond donors (Lipinski definition) is 2. The number of nitrogens with zero attached hydrogens (tertiary/aromatic N) is 3. The van der Waals surface area contributed by atoms with E-state index in [4.69, 9.17) is 0 Å². The Balaban J connectivity index is 1.32. The van der Waals surface area contributed by atoms with E-state index in [0.717, 1.165) is 37.7 Å². The van der Waals surface area contributed by atoms with Gasteiger partial charge in [-0.2, -0.15) is 0 Å². The number of aryl methyl sites for hydroxylation is 1. The van der Waals surface area contributed by atoms with E-state index in [-0.39, 0.29) is 41.2 Å². The van der Waals surface area contributed by atoms with E-state index in [9.17, 15) is 14.4 Å². The highest BCUT2D eigenvalue weighted by Gasteiger charge is 2.27. The van der Waals surface area contributed by atoms with Gasteiger partial charge in [0.25, 0.3) is 11.8 Å². The minimum Gasteiger partial charge on any atom is -0.348 e. The van der Waals surface area contributed by atoms with E-state index < -0.39 is 0 Å². The SMILES string of the molecule is Cc1ccc(C(=O)N2CCC(NC(=O)c3nccnc3NC(=O)C3CCCCC3)CC2)cc1. The Kier molecular flexibility index (Phi) is 7.32. The molecule has 2 N–H and O–H groups in total. The zero-order valence-corrected chi connectivity index (χ0v) is 19.0. The largest absolute Gasteiger partial charge is 0.348 e. The number of hydrogen-bond acceptors (Lipinski definition) is 5. The van der Waals surface area contributed by atoms with Gasteiger partial charge in [0.05, 0.1) is 0 Å². The highest BCUT2D eigenvalue weighted by Crippen LogP contribution is 2.25. The predicted octanol–water partition coefficient (Wildman–Crippen LogP) is 3.34. The Hall–Kier alpha value is -3.29. The number of benzene rings is 1. The van der Waals surface area contributed by atoms with Crippen LogP contribution in [0.3, 0.4) is 0 Å². The summed E-state index contributed by atoms with van der Waals surface area (Å²) < 4.78 is 0. The van der Waals surface area contributed by atoms with Crippen LogP contribution >= 0.6 is 0 Å². The normalized spacial score (nSPS) is 17.4. The summed E-state index contributed by atoms with van der Waals surface area (Å²) in [5, 5.41) is 5.82. The lowest BCUT2D eigenvalue weighted by Gasteiger charge is -2.32. The van der Waals surface area contributed by atoms with Crippen molar-refractivity contribution >= 4 is 23.5 Å². The Bertz CT molecular complexity index is 993. The van der Waals surface area contributed by atoms with Crippen LogP contribution in [-0.4, -0.2) is 51.7 Å². The molecule has 0 atom stereocenters. The first-order valence-electron chi connectivity index (χ1n) is 11.8. The van der Waals surface area contributed by atoms with Gasteiger partial charge in [0.2, 0.25) is 5.91 Å². The van der Waals surface area contributed by atoms with Crippen molar-refractivity contribution in [3.8, 4) is 0 Å². The summed E-state index contributed by atoms with van der Waals surface area (Å²) in [6.45, 7) is 3.14. The highest BCUT2D eigenvalue weighted by molar-refractivity contribution is 6.01. The zero-order valence-electron chi connectivity index (χ0n) is 19.0. The van der Waals surface area contributed by atoms with Crippen molar-refractivity contribution in [3.63, 3.8) is 0 Å². The summed E-state index contributed by atoms with van der Waals surface area (Å²) in [7, 11) is 0. The molecule has 1 aromatic carbocycles. The van der Waals surface area contributed by atoms with Gasteiger partial charge in [-0.25, -0.2) is 9.97 Å². The number of nitrogens with one attached hydrogen (secondary N) is 2. The number of likely N-dealkylation sites (tertiary alicyclic amines) is 1. The van der Waals surface area contributed by atoms with Crippen molar-refractivity contribution < 1.29 is 14.4 Å². The number of carbonyl (C=O) groups is 3. The minimum atomic E-state index is -0.356. The van der Waals surface area contributed by atoms with Gasteiger partial charge in [0.15, 0.2) is 11.5 Å². The van der Waals surface area contributed by atoms with E-state index in [1.54, 1.807) is 0 Å². The fraction of sp³-hybridized carbons (Fsp3) is 0.480. The van der Waals surface area contributed by atoms with Crippen LogP contribution in [0.4, 0.5) is 5.82 Å². The Morgan fingerprint density at radius 3 is 2.27 bits per heavy atom. The zero-order chi connectivity index (χ0) is 23.2. The summed E-state index contributed by atoms with van der Waals surface area (Å²) in [5.74, 6) is -0.261. The molecule has 0 unspecified atom stereocenters. The Morgan fingerprint density at radius 2 is 1.58 bits per heavy atom. The molecule has 2 aliphatic rings. The van der Waals surface area contributed by atoms with E-state index in [1.165, 1.54) is 12.4 Å². The second-order valence-electron chi connectivity index (χ2n) is 8.98. The molecule has 2 heterocycles. The van der Waals surface area contributed by atoms with Crippen LogP contribution in [0.1, 0.15) is 71.4 Å². The van der Waals surface area contributed by atoms with Gasteiger partial charge in [-0.1, -0.05) is 37.0 Å². The maximum Gasteiger partial charge on any atom is 0.273 e. The third kappa shape index (κ3) is 5.74. The topological polar surface area (TPSA) is 104 Å². The van der Waals surface area contributed by atoms with Crippen molar-refractivity contribution in [2.24, 2.45) is 5.92 Å². The maximum absolute atomic E-state index is 12.9. The molecular weight excluding hydrogens is 418 g/mol. The molecule has 1 saturated carbocycles. The number of piperidine rings is 1. The molecule has 8 nitrogen and oxygen atoms in total. The molecule has 2 aromatic rings. The highest BCUT2D eigenvalue weighted by atomic mass is 16.2. The third-order valence-electron chi connectivity index (χ3n) is 6.55. The van der Waals surface area contributed by atoms with Gasteiger partial charge in [-0.15, -0.1) is 0 Å². The molecule has 1 aliphatic heterocycles. The first-order valence-corrected chi connectivity index (χ1v) is 11.8. The lowest BCUT2D eigenvalue weighted by Crippen LogP contribution is -2.46. The molecule has 3 amide bonds. The second-order valence-corrected chi connectivity index (χ2v) is 8.98. The summed E-state index contributed by atoms with van der Waals surface area (Å²) in [5.41, 5.74) is 1.92. The van der Waals surface area contributed by atoms with Gasteiger partial charge in [-0.05, 0) is 44.7 Å². The summed E-state index contributed by atoms with van der Waals surface area (Å²) >= 11 is 0. The first-order chi connectivity index (χ1) is 16.0. The molecule has 4 rings (SSSR count). The molecule has 0 bridgehead atoms. The molecule has 0 spiro atoms. The number of anilines is 1. The molecule has 1 aromatic heterocycles. The molecule has 1 aliphatic carbocycles. The molecule has 8 heteroatoms. The van der Waals surface area contributed by atoms with Crippen molar-refractivity contribution in [3.05, 3.63) is 53.5 Å². The molecular formula is C25H31N5O3. The standard InChI is InChI=1S/C25H31N5O3/c1-17-7-9-19(10-8-17)25(33)30-15-11-20(12-16-30)28-24(32)21-22(27-14-13-26-21)29-23(31)18-5-3-2-4-6-18/h7-10,13-14,18,20H,2-6,11-12,15-16H2,1H3,(H,28,32)(H,27,29,31). The third-order valence-corrected chi connectivity index (χ3v) is 6.55. The van der Waals surface area contributed by atoms with Gasteiger partial charge in [0, 0.05) is 43.0 Å². The van der Waals surface area contributed by atoms with Gasteiger partial charge in [-0.3, -0.25) is 14.4 Å². The second kappa shape index (κ2) is 10.6. The summed E-state index contributed by atoms with van der Waals surface area (Å²) in [6, 6.07) is 7.51. The van der Waals surface area contributed by atoms with Crippen molar-refractivity contribution in [2.45, 2.75) is 57.9 Å². The molecule has 0 radical (unpaired) electrons. The average Bonchev–Trinajstić information content (AvgIpc) is 2.85. The minimum absolute atomic E-state index is 0.0152. The van der Waals surface area contributed by atoms with E-state index >= 15 is 0 Å². The van der Waals surface area contributed by atoms with E-state index in [1.807, 2.05) is 36.1 Å². The van der Waals surface area contributed by atoms with Crippen molar-refractivity contribution in [1.29, 1.82) is 0 Å². The predicted molar refractivity (Wildman–Crippen MR) is 125 cm³/mol. The monoisotopic (exact) mass is 449 g/mol. The van der Waals surface area contributed by atoms with Crippen LogP contribution in [0, 0.1) is 12.8 Å². The van der Waals surface area contributed by atoms with Crippen molar-refractivity contribution in [1.82, 2.24) is 20.2 Å². The smallest absolute Gasteiger partial charge is 0.273 e. The molecule has 174 valence electrons. The van der Waals surface area contributed by atoms with Crippen LogP contribution < -0.4 is 10.6 Å². The van der Waals surface area contributed by atoms with Crippen LogP contribution in [0.25, 0.3) is 0 Å². The summed E-state index contributed by atoms with van der Waals surface area (Å²) in [4.78, 5) is 48.5. The van der Waals surface area contributed by atoms with Crippen LogP contribution in [-0.2, 0) is 4.79 Å². The van der Waals surface area contributed by atoms with Crippen molar-refractivity contribution in [2.75, 3.05) is 18.4 Å². The Labute approximate surface area is 194 Å². The Morgan fingerprint density at radius 1 is 0.909 bits per heavy atom. The number of amides is 3. The van der Waals surface area contributed by atoms with Crippen LogP contribution in [0.5, 0.6) is 0 Å². The molecule has 33 heavy (non-hydrogen) atoms. The lowest BCUT2D eigenvalue weighted by molar-refractivity contribution is -0.120.